The summed E-state index contributed by atoms with van der Waals surface area (Å²) in [5.41, 5.74) is 0. The maximum absolute atomic E-state index is 13.0. The van der Waals surface area contributed by atoms with Gasteiger partial charge in [-0.25, -0.2) is 8.42 Å². The normalized spacial score (nSPS) is 18.8. The Labute approximate surface area is 115 Å². The molecule has 0 aromatic heterocycles. The molecule has 118 valence electrons. The summed E-state index contributed by atoms with van der Waals surface area (Å²) in [6, 6.07) is -0.300. The molecule has 1 aliphatic rings. The third-order valence-corrected chi connectivity index (χ3v) is 6.31. The molecule has 20 heavy (non-hydrogen) atoms. The van der Waals surface area contributed by atoms with Gasteiger partial charge in [0.25, 0.3) is 0 Å². The largest absolute Gasteiger partial charge is 0.470 e. The number of hydrogen-bond acceptors (Lipinski definition) is 5. The molecular formula is C9H15F2NO6S2. The number of carbonyl (C=O) groups excluding carboxylic acids is 1. The van der Waals surface area contributed by atoms with Crippen molar-refractivity contribution in [3.8, 4) is 0 Å². The lowest BCUT2D eigenvalue weighted by Gasteiger charge is -2.23. The molecule has 1 aliphatic carbocycles. The molecule has 0 bridgehead atoms. The van der Waals surface area contributed by atoms with E-state index in [1.165, 1.54) is 0 Å². The van der Waals surface area contributed by atoms with Gasteiger partial charge >= 0.3 is 14.7 Å². The maximum atomic E-state index is 13.0. The molecule has 0 radical (unpaired) electrons. The standard InChI is InChI=1S/C9H15F2NO6S2/c10-9(11,20(16,17)18)19(14,15)6-8(13)12-7-4-2-1-3-5-7/h7H,1-6H2,(H,12,13)(H,16,17,18). The van der Waals surface area contributed by atoms with Crippen LogP contribution in [0.1, 0.15) is 32.1 Å². The van der Waals surface area contributed by atoms with E-state index in [2.05, 4.69) is 5.32 Å². The molecule has 1 rings (SSSR count). The number of sulfone groups is 1. The van der Waals surface area contributed by atoms with Crippen molar-refractivity contribution in [2.75, 3.05) is 5.75 Å². The molecule has 0 aromatic rings. The van der Waals surface area contributed by atoms with Gasteiger partial charge < -0.3 is 5.32 Å². The summed E-state index contributed by atoms with van der Waals surface area (Å²) in [6.45, 7) is 0. The fraction of sp³-hybridized carbons (Fsp3) is 0.889. The molecule has 2 N–H and O–H groups in total. The van der Waals surface area contributed by atoms with Crippen LogP contribution in [0.2, 0.25) is 0 Å². The van der Waals surface area contributed by atoms with Gasteiger partial charge in [0.15, 0.2) is 0 Å². The van der Waals surface area contributed by atoms with Crippen LogP contribution in [0.3, 0.4) is 0 Å². The van der Waals surface area contributed by atoms with Crippen LogP contribution in [-0.2, 0) is 24.7 Å². The van der Waals surface area contributed by atoms with E-state index in [9.17, 15) is 30.4 Å². The van der Waals surface area contributed by atoms with Crippen molar-refractivity contribution >= 4 is 25.9 Å². The number of nitrogens with one attached hydrogen (secondary N) is 1. The molecule has 1 saturated carbocycles. The monoisotopic (exact) mass is 335 g/mol. The van der Waals surface area contributed by atoms with Crippen molar-refractivity contribution in [2.24, 2.45) is 0 Å². The van der Waals surface area contributed by atoms with Crippen LogP contribution in [0.25, 0.3) is 0 Å². The van der Waals surface area contributed by atoms with E-state index in [0.29, 0.717) is 12.8 Å². The summed E-state index contributed by atoms with van der Waals surface area (Å²) in [5.74, 6) is -2.91. The molecule has 7 nitrogen and oxygen atoms in total. The lowest BCUT2D eigenvalue weighted by atomic mass is 9.95. The van der Waals surface area contributed by atoms with Crippen molar-refractivity contribution in [1.29, 1.82) is 0 Å². The van der Waals surface area contributed by atoms with Gasteiger partial charge in [0.05, 0.1) is 0 Å². The average molecular weight is 335 g/mol. The Kier molecular flexibility index (Phi) is 5.08. The van der Waals surface area contributed by atoms with Gasteiger partial charge in [-0.3, -0.25) is 9.35 Å². The van der Waals surface area contributed by atoms with E-state index in [1.54, 1.807) is 0 Å². The number of carbonyl (C=O) groups is 1. The fourth-order valence-electron chi connectivity index (χ4n) is 1.93. The van der Waals surface area contributed by atoms with Crippen LogP contribution in [0, 0.1) is 0 Å². The third kappa shape index (κ3) is 3.85. The van der Waals surface area contributed by atoms with Crippen molar-refractivity contribution in [3.63, 3.8) is 0 Å². The highest BCUT2D eigenvalue weighted by atomic mass is 32.3. The molecule has 0 unspecified atom stereocenters. The first kappa shape index (κ1) is 17.2. The fourth-order valence-corrected chi connectivity index (χ4v) is 3.99. The van der Waals surface area contributed by atoms with Crippen LogP contribution in [0.4, 0.5) is 8.78 Å². The second-order valence-electron chi connectivity index (χ2n) is 4.60. The average Bonchev–Trinajstić information content (AvgIpc) is 2.27. The quantitative estimate of drug-likeness (QED) is 0.697. The smallest absolute Gasteiger partial charge is 0.352 e. The molecule has 0 spiro atoms. The van der Waals surface area contributed by atoms with Gasteiger partial charge in [-0.1, -0.05) is 19.3 Å². The number of halogens is 2. The van der Waals surface area contributed by atoms with E-state index in [1.807, 2.05) is 0 Å². The minimum absolute atomic E-state index is 0.300. The summed E-state index contributed by atoms with van der Waals surface area (Å²) in [6.07, 6.45) is 3.87. The van der Waals surface area contributed by atoms with E-state index in [4.69, 9.17) is 4.55 Å². The molecule has 11 heteroatoms. The van der Waals surface area contributed by atoms with Gasteiger partial charge in [-0.2, -0.15) is 17.2 Å². The SMILES string of the molecule is O=C(CS(=O)(=O)C(F)(F)S(=O)(=O)O)NC1CCCCC1. The zero-order valence-corrected chi connectivity index (χ0v) is 12.0. The molecule has 0 heterocycles. The van der Waals surface area contributed by atoms with Crippen LogP contribution < -0.4 is 5.32 Å². The Bertz CT molecular complexity index is 565. The highest BCUT2D eigenvalue weighted by molar-refractivity contribution is 8.07. The second-order valence-corrected chi connectivity index (χ2v) is 8.35. The maximum Gasteiger partial charge on any atom is 0.470 e. The Morgan fingerprint density at radius 3 is 2.10 bits per heavy atom. The molecule has 1 fully saturated rings. The highest BCUT2D eigenvalue weighted by Crippen LogP contribution is 2.28. The molecular weight excluding hydrogens is 320 g/mol. The number of alkyl halides is 2. The molecule has 0 aliphatic heterocycles. The van der Waals surface area contributed by atoms with Crippen LogP contribution in [-0.4, -0.2) is 43.7 Å². The second kappa shape index (κ2) is 5.90. The van der Waals surface area contributed by atoms with Crippen LogP contribution in [0.5, 0.6) is 0 Å². The van der Waals surface area contributed by atoms with E-state index >= 15 is 0 Å². The molecule has 1 amide bonds. The van der Waals surface area contributed by atoms with E-state index in [-0.39, 0.29) is 6.04 Å². The lowest BCUT2D eigenvalue weighted by Crippen LogP contribution is -2.45. The summed E-state index contributed by atoms with van der Waals surface area (Å²) in [7, 11) is -11.8. The minimum atomic E-state index is -6.14. The lowest BCUT2D eigenvalue weighted by molar-refractivity contribution is -0.119. The van der Waals surface area contributed by atoms with Crippen LogP contribution in [0.15, 0.2) is 0 Å². The van der Waals surface area contributed by atoms with Crippen molar-refractivity contribution < 1.29 is 35.0 Å². The minimum Gasteiger partial charge on any atom is -0.352 e. The topological polar surface area (TPSA) is 118 Å². The first-order valence-corrected chi connectivity index (χ1v) is 8.93. The van der Waals surface area contributed by atoms with Gasteiger partial charge in [-0.05, 0) is 12.8 Å². The summed E-state index contributed by atoms with van der Waals surface area (Å²) >= 11 is 0. The Morgan fingerprint density at radius 2 is 1.65 bits per heavy atom. The number of amides is 1. The predicted octanol–water partition coefficient (Wildman–Crippen LogP) is 0.288. The van der Waals surface area contributed by atoms with E-state index < -0.39 is 36.2 Å². The summed E-state index contributed by atoms with van der Waals surface area (Å²) in [5, 5.41) is 2.27. The molecule has 0 atom stereocenters. The predicted molar refractivity (Wildman–Crippen MR) is 65.3 cm³/mol. The van der Waals surface area contributed by atoms with Gasteiger partial charge in [0, 0.05) is 6.04 Å². The van der Waals surface area contributed by atoms with Crippen LogP contribution >= 0.6 is 0 Å². The third-order valence-electron chi connectivity index (χ3n) is 2.95. The van der Waals surface area contributed by atoms with Crippen molar-refractivity contribution in [3.05, 3.63) is 0 Å². The number of rotatable bonds is 5. The first-order chi connectivity index (χ1) is 8.97. The van der Waals surface area contributed by atoms with Gasteiger partial charge in [0.2, 0.25) is 15.7 Å². The Hall–Kier alpha value is -0.810. The summed E-state index contributed by atoms with van der Waals surface area (Å²) < 4.78 is 72.0. The van der Waals surface area contributed by atoms with E-state index in [0.717, 1.165) is 19.3 Å². The highest BCUT2D eigenvalue weighted by Gasteiger charge is 2.57. The first-order valence-electron chi connectivity index (χ1n) is 5.84. The Morgan fingerprint density at radius 1 is 1.15 bits per heavy atom. The van der Waals surface area contributed by atoms with Crippen molar-refractivity contribution in [2.45, 2.75) is 42.7 Å². The van der Waals surface area contributed by atoms with Gasteiger partial charge in [0.1, 0.15) is 5.75 Å². The number of hydrogen-bond donors (Lipinski definition) is 2. The van der Waals surface area contributed by atoms with Gasteiger partial charge in [-0.15, -0.1) is 0 Å². The van der Waals surface area contributed by atoms with Crippen molar-refractivity contribution in [1.82, 2.24) is 5.32 Å². The molecule has 0 aromatic carbocycles. The Balaban J connectivity index is 2.73. The zero-order chi connectivity index (χ0) is 15.6. The molecule has 0 saturated heterocycles. The zero-order valence-electron chi connectivity index (χ0n) is 10.4. The summed E-state index contributed by atoms with van der Waals surface area (Å²) in [4.78, 5) is 11.4.